The van der Waals surface area contributed by atoms with Gasteiger partial charge in [0.1, 0.15) is 22.4 Å². The molecule has 0 aromatic heterocycles. The number of methoxy groups -OCH3 is 2. The summed E-state index contributed by atoms with van der Waals surface area (Å²) in [6.45, 7) is 4.57. The van der Waals surface area contributed by atoms with Crippen LogP contribution in [0.25, 0.3) is 5.57 Å². The van der Waals surface area contributed by atoms with Crippen molar-refractivity contribution < 1.29 is 23.8 Å². The second-order valence-electron chi connectivity index (χ2n) is 11.2. The van der Waals surface area contributed by atoms with Crippen LogP contribution >= 0.6 is 0 Å². The number of fused-ring (bicyclic) bond motifs is 8. The van der Waals surface area contributed by atoms with E-state index in [-0.39, 0.29) is 19.0 Å². The molecule has 3 heterocycles. The van der Waals surface area contributed by atoms with Gasteiger partial charge in [0.2, 0.25) is 0 Å². The lowest BCUT2D eigenvalue weighted by atomic mass is 9.53. The zero-order valence-corrected chi connectivity index (χ0v) is 23.6. The van der Waals surface area contributed by atoms with Crippen molar-refractivity contribution in [3.8, 4) is 5.75 Å². The van der Waals surface area contributed by atoms with E-state index in [1.807, 2.05) is 103 Å². The van der Waals surface area contributed by atoms with Crippen molar-refractivity contribution in [3.63, 3.8) is 0 Å². The van der Waals surface area contributed by atoms with Gasteiger partial charge in [-0.1, -0.05) is 110 Å². The van der Waals surface area contributed by atoms with Crippen molar-refractivity contribution in [3.05, 3.63) is 144 Å². The summed E-state index contributed by atoms with van der Waals surface area (Å²) in [5.74, 6) is -0.534. The third kappa shape index (κ3) is 3.13. The van der Waals surface area contributed by atoms with Crippen LogP contribution in [0.15, 0.2) is 116 Å². The molecule has 0 radical (unpaired) electrons. The van der Waals surface area contributed by atoms with Gasteiger partial charge in [0.15, 0.2) is 0 Å². The maximum Gasteiger partial charge on any atom is 0.317 e. The molecule has 0 spiro atoms. The van der Waals surface area contributed by atoms with E-state index < -0.39 is 28.5 Å². The summed E-state index contributed by atoms with van der Waals surface area (Å²) in [6, 6.07) is 35.4. The number of rotatable bonds is 6. The van der Waals surface area contributed by atoms with Gasteiger partial charge >= 0.3 is 5.97 Å². The van der Waals surface area contributed by atoms with Crippen LogP contribution in [0.3, 0.4) is 0 Å². The highest BCUT2D eigenvalue weighted by Gasteiger charge is 2.83. The first-order valence-corrected chi connectivity index (χ1v) is 14.1. The fraction of sp³-hybridized carbons (Fsp3) is 0.222. The molecule has 0 aliphatic carbocycles. The topological polar surface area (TPSA) is 65.1 Å². The fourth-order valence-corrected chi connectivity index (χ4v) is 7.87. The zero-order chi connectivity index (χ0) is 29.1. The number of hydrogen-bond acceptors (Lipinski definition) is 5. The Hall–Kier alpha value is -4.68. The Morgan fingerprint density at radius 2 is 1.40 bits per heavy atom. The van der Waals surface area contributed by atoms with Crippen LogP contribution in [0.2, 0.25) is 0 Å². The standard InChI is InChI=1S/C36H31NO5/c1-24(27-18-10-13-21-30(27)40-2)32(38)37-22-31-34(23-37,33(39)41-3)36(26-16-8-5-9-17-26)29-20-12-11-19-28(29)35(31,42-36)25-14-6-4-7-15-25/h4-21,31H,1,22-23H2,2-3H3/t31-,34+,35-,36+/m0/s1. The molecule has 4 atom stereocenters. The van der Waals surface area contributed by atoms with Crippen LogP contribution in [0.5, 0.6) is 5.75 Å². The van der Waals surface area contributed by atoms with Crippen LogP contribution in [0.4, 0.5) is 0 Å². The van der Waals surface area contributed by atoms with E-state index in [4.69, 9.17) is 14.2 Å². The van der Waals surface area contributed by atoms with Gasteiger partial charge in [0.05, 0.1) is 14.2 Å². The van der Waals surface area contributed by atoms with Gasteiger partial charge in [-0.15, -0.1) is 0 Å². The summed E-state index contributed by atoms with van der Waals surface area (Å²) in [6.07, 6.45) is 0. The number of benzene rings is 4. The lowest BCUT2D eigenvalue weighted by Gasteiger charge is -2.44. The molecular formula is C36H31NO5. The Labute approximate surface area is 245 Å². The van der Waals surface area contributed by atoms with Gasteiger partial charge in [-0.2, -0.15) is 0 Å². The Balaban J connectivity index is 1.47. The molecule has 3 aliphatic heterocycles. The highest BCUT2D eigenvalue weighted by atomic mass is 16.6. The van der Waals surface area contributed by atoms with E-state index >= 15 is 0 Å². The Kier molecular flexibility index (Phi) is 5.89. The van der Waals surface area contributed by atoms with Gasteiger partial charge in [0, 0.05) is 30.1 Å². The van der Waals surface area contributed by atoms with Gasteiger partial charge in [0.25, 0.3) is 5.91 Å². The third-order valence-corrected chi connectivity index (χ3v) is 9.49. The molecule has 1 amide bonds. The number of carbonyl (C=O) groups excluding carboxylic acids is 2. The number of para-hydroxylation sites is 1. The molecule has 2 bridgehead atoms. The highest BCUT2D eigenvalue weighted by Crippen LogP contribution is 2.75. The van der Waals surface area contributed by atoms with Crippen LogP contribution in [-0.2, 0) is 30.3 Å². The maximum atomic E-state index is 14.4. The first-order chi connectivity index (χ1) is 20.5. The Morgan fingerprint density at radius 3 is 2.07 bits per heavy atom. The summed E-state index contributed by atoms with van der Waals surface area (Å²) in [5, 5.41) is 0. The summed E-state index contributed by atoms with van der Waals surface area (Å²) >= 11 is 0. The number of carbonyl (C=O) groups is 2. The molecule has 42 heavy (non-hydrogen) atoms. The van der Waals surface area contributed by atoms with E-state index in [0.717, 1.165) is 22.3 Å². The van der Waals surface area contributed by atoms with Crippen molar-refractivity contribution >= 4 is 17.4 Å². The first kappa shape index (κ1) is 26.2. The summed E-state index contributed by atoms with van der Waals surface area (Å²) < 4.78 is 18.6. The number of esters is 1. The van der Waals surface area contributed by atoms with Crippen LogP contribution in [-0.4, -0.2) is 44.1 Å². The van der Waals surface area contributed by atoms with E-state index in [0.29, 0.717) is 16.9 Å². The second-order valence-corrected chi connectivity index (χ2v) is 11.2. The third-order valence-electron chi connectivity index (χ3n) is 9.49. The summed E-state index contributed by atoms with van der Waals surface area (Å²) in [5.41, 5.74) is 1.20. The van der Waals surface area contributed by atoms with Gasteiger partial charge < -0.3 is 19.1 Å². The van der Waals surface area contributed by atoms with Gasteiger partial charge in [-0.3, -0.25) is 9.59 Å². The normalized spacial score (nSPS) is 26.8. The molecule has 6 nitrogen and oxygen atoms in total. The van der Waals surface area contributed by atoms with Crippen molar-refractivity contribution in [2.45, 2.75) is 11.2 Å². The van der Waals surface area contributed by atoms with Crippen LogP contribution < -0.4 is 4.74 Å². The minimum absolute atomic E-state index is 0.106. The van der Waals surface area contributed by atoms with Gasteiger partial charge in [-0.05, 0) is 28.3 Å². The monoisotopic (exact) mass is 557 g/mol. The zero-order valence-electron chi connectivity index (χ0n) is 23.6. The molecule has 7 rings (SSSR count). The Bertz CT molecular complexity index is 1720. The van der Waals surface area contributed by atoms with Crippen molar-refractivity contribution in [1.29, 1.82) is 0 Å². The smallest absolute Gasteiger partial charge is 0.317 e. The number of hydrogen-bond donors (Lipinski definition) is 0. The molecule has 0 unspecified atom stereocenters. The summed E-state index contributed by atoms with van der Waals surface area (Å²) in [4.78, 5) is 30.4. The minimum atomic E-state index is -1.23. The average molecular weight is 558 g/mol. The van der Waals surface area contributed by atoms with Crippen molar-refractivity contribution in [2.75, 3.05) is 27.3 Å². The predicted octanol–water partition coefficient (Wildman–Crippen LogP) is 5.56. The molecule has 4 aromatic carbocycles. The number of likely N-dealkylation sites (tertiary alicyclic amines) is 1. The highest BCUT2D eigenvalue weighted by molar-refractivity contribution is 6.19. The summed E-state index contributed by atoms with van der Waals surface area (Å²) in [7, 11) is 2.99. The molecule has 2 fully saturated rings. The number of nitrogens with zero attached hydrogens (tertiary/aromatic N) is 1. The number of ether oxygens (including phenoxy) is 3. The second kappa shape index (κ2) is 9.43. The molecular weight excluding hydrogens is 526 g/mol. The largest absolute Gasteiger partial charge is 0.496 e. The predicted molar refractivity (Wildman–Crippen MR) is 159 cm³/mol. The number of amides is 1. The molecule has 0 N–H and O–H groups in total. The van der Waals surface area contributed by atoms with Crippen molar-refractivity contribution in [1.82, 2.24) is 4.90 Å². The van der Waals surface area contributed by atoms with E-state index in [1.165, 1.54) is 7.11 Å². The Morgan fingerprint density at radius 1 is 0.810 bits per heavy atom. The van der Waals surface area contributed by atoms with Crippen LogP contribution in [0.1, 0.15) is 27.8 Å². The lowest BCUT2D eigenvalue weighted by Crippen LogP contribution is -2.55. The molecule has 4 aromatic rings. The fourth-order valence-electron chi connectivity index (χ4n) is 7.87. The lowest BCUT2D eigenvalue weighted by molar-refractivity contribution is -0.164. The van der Waals surface area contributed by atoms with Crippen LogP contribution in [0, 0.1) is 11.3 Å². The average Bonchev–Trinajstić information content (AvgIpc) is 3.69. The molecule has 3 aliphatic rings. The SMILES string of the molecule is C=C(C(=O)N1C[C@@H]2[C@@]3(c4ccccc4)O[C@](c4ccccc4)(c4ccccc43)[C@]2(C(=O)OC)C1)c1ccccc1OC. The molecule has 0 saturated carbocycles. The van der Waals surface area contributed by atoms with E-state index in [9.17, 15) is 9.59 Å². The molecule has 210 valence electrons. The quantitative estimate of drug-likeness (QED) is 0.230. The maximum absolute atomic E-state index is 14.4. The first-order valence-electron chi connectivity index (χ1n) is 14.1. The molecule has 2 saturated heterocycles. The van der Waals surface area contributed by atoms with E-state index in [2.05, 4.69) is 12.6 Å². The van der Waals surface area contributed by atoms with E-state index in [1.54, 1.807) is 12.0 Å². The van der Waals surface area contributed by atoms with Crippen molar-refractivity contribution in [2.24, 2.45) is 11.3 Å². The van der Waals surface area contributed by atoms with Gasteiger partial charge in [-0.25, -0.2) is 0 Å². The molecule has 6 heteroatoms. The minimum Gasteiger partial charge on any atom is -0.496 e.